The number of anilines is 1. The van der Waals surface area contributed by atoms with Crippen LogP contribution in [0.25, 0.3) is 0 Å². The Labute approximate surface area is 177 Å². The van der Waals surface area contributed by atoms with Gasteiger partial charge in [0.1, 0.15) is 4.88 Å². The van der Waals surface area contributed by atoms with Gasteiger partial charge in [0.15, 0.2) is 22.3 Å². The van der Waals surface area contributed by atoms with E-state index < -0.39 is 6.23 Å². The summed E-state index contributed by atoms with van der Waals surface area (Å²) in [6, 6.07) is 0.0372. The fourth-order valence-electron chi connectivity index (χ4n) is 2.97. The molecule has 0 amide bonds. The third kappa shape index (κ3) is 4.61. The molecule has 1 saturated heterocycles. The lowest BCUT2D eigenvalue weighted by Crippen LogP contribution is -2.62. The van der Waals surface area contributed by atoms with Crippen molar-refractivity contribution in [3.63, 3.8) is 0 Å². The highest BCUT2D eigenvalue weighted by atomic mass is 35.5. The molecule has 3 heterocycles. The predicted molar refractivity (Wildman–Crippen MR) is 110 cm³/mol. The molecule has 2 aromatic heterocycles. The Balaban J connectivity index is 1.58. The molecule has 0 aromatic carbocycles. The zero-order chi connectivity index (χ0) is 21.1. The molecule has 29 heavy (non-hydrogen) atoms. The van der Waals surface area contributed by atoms with Crippen molar-refractivity contribution in [2.24, 2.45) is 0 Å². The van der Waals surface area contributed by atoms with Crippen LogP contribution >= 0.6 is 22.9 Å². The Morgan fingerprint density at radius 2 is 2.10 bits per heavy atom. The van der Waals surface area contributed by atoms with Crippen LogP contribution in [0.5, 0.6) is 0 Å². The molecule has 3 rings (SSSR count). The molecular formula is C18H24ClN5O4S. The van der Waals surface area contributed by atoms with E-state index in [1.54, 1.807) is 13.8 Å². The van der Waals surface area contributed by atoms with Crippen LogP contribution in [0.3, 0.4) is 0 Å². The first-order valence-corrected chi connectivity index (χ1v) is 10.5. The summed E-state index contributed by atoms with van der Waals surface area (Å²) in [5.41, 5.74) is 1.38. The summed E-state index contributed by atoms with van der Waals surface area (Å²) in [5, 5.41) is 4.24. The lowest BCUT2D eigenvalue weighted by molar-refractivity contribution is 0.0423. The monoisotopic (exact) mass is 441 g/mol. The Morgan fingerprint density at radius 3 is 2.69 bits per heavy atom. The van der Waals surface area contributed by atoms with Crippen LogP contribution in [0.4, 0.5) is 5.13 Å². The van der Waals surface area contributed by atoms with Crippen molar-refractivity contribution in [3.8, 4) is 0 Å². The first kappa shape index (κ1) is 21.7. The average Bonchev–Trinajstić information content (AvgIpc) is 3.23. The van der Waals surface area contributed by atoms with E-state index in [-0.39, 0.29) is 23.6 Å². The third-order valence-corrected chi connectivity index (χ3v) is 6.09. The molecule has 0 radical (unpaired) electrons. The smallest absolute Gasteiger partial charge is 0.350 e. The first-order chi connectivity index (χ1) is 13.9. The first-order valence-electron chi connectivity index (χ1n) is 9.34. The Hall–Kier alpha value is -2.01. The van der Waals surface area contributed by atoms with Crippen molar-refractivity contribution in [1.82, 2.24) is 20.3 Å². The molecule has 2 N–H and O–H groups in total. The van der Waals surface area contributed by atoms with Gasteiger partial charge in [-0.15, -0.1) is 0 Å². The van der Waals surface area contributed by atoms with Gasteiger partial charge < -0.3 is 19.4 Å². The van der Waals surface area contributed by atoms with Crippen molar-refractivity contribution in [2.75, 3.05) is 31.7 Å². The molecule has 158 valence electrons. The van der Waals surface area contributed by atoms with E-state index in [0.717, 1.165) is 10.8 Å². The van der Waals surface area contributed by atoms with Gasteiger partial charge in [-0.25, -0.2) is 14.8 Å². The van der Waals surface area contributed by atoms with Gasteiger partial charge in [-0.05, 0) is 20.3 Å². The summed E-state index contributed by atoms with van der Waals surface area (Å²) >= 11 is 7.34. The second-order valence-electron chi connectivity index (χ2n) is 6.59. The molecule has 0 bridgehead atoms. The van der Waals surface area contributed by atoms with Crippen molar-refractivity contribution in [2.45, 2.75) is 39.5 Å². The molecule has 0 aliphatic carbocycles. The van der Waals surface area contributed by atoms with E-state index in [4.69, 9.17) is 21.1 Å². The number of ether oxygens (including phenoxy) is 2. The zero-order valence-electron chi connectivity index (χ0n) is 16.7. The number of esters is 1. The number of aryl methyl sites for hydroxylation is 2. The summed E-state index contributed by atoms with van der Waals surface area (Å²) in [6.07, 6.45) is -0.176. The van der Waals surface area contributed by atoms with Crippen LogP contribution < -0.4 is 10.2 Å². The second-order valence-corrected chi connectivity index (χ2v) is 7.92. The molecule has 9 nitrogen and oxygen atoms in total. The van der Waals surface area contributed by atoms with Gasteiger partial charge in [0, 0.05) is 26.2 Å². The number of carbonyl (C=O) groups is 2. The lowest BCUT2D eigenvalue weighted by Gasteiger charge is -2.40. The number of nitrogens with one attached hydrogen (secondary N) is 2. The van der Waals surface area contributed by atoms with Gasteiger partial charge in [-0.1, -0.05) is 29.9 Å². The lowest BCUT2D eigenvalue weighted by atomic mass is 10.1. The van der Waals surface area contributed by atoms with Crippen LogP contribution in [-0.4, -0.2) is 65.8 Å². The van der Waals surface area contributed by atoms with Crippen molar-refractivity contribution < 1.29 is 19.1 Å². The number of H-pyrrole nitrogens is 1. The summed E-state index contributed by atoms with van der Waals surface area (Å²) in [4.78, 5) is 38.7. The van der Waals surface area contributed by atoms with E-state index in [9.17, 15) is 9.59 Å². The van der Waals surface area contributed by atoms with Crippen molar-refractivity contribution >= 4 is 39.8 Å². The number of imidazole rings is 1. The number of aromatic nitrogens is 3. The fraction of sp³-hybridized carbons (Fsp3) is 0.556. The topological polar surface area (TPSA) is 109 Å². The molecule has 1 unspecified atom stereocenters. The maximum Gasteiger partial charge on any atom is 0.350 e. The number of halogens is 1. The normalized spacial score (nSPS) is 15.3. The van der Waals surface area contributed by atoms with Crippen LogP contribution in [0.2, 0.25) is 5.15 Å². The summed E-state index contributed by atoms with van der Waals surface area (Å²) in [6.45, 7) is 7.10. The SMILES string of the molecule is CCOC(=O)c1sc(N2CC(NC(OC)C(=O)c3nc(Cl)c(CC)[nH]3)C2)nc1C. The van der Waals surface area contributed by atoms with E-state index in [0.29, 0.717) is 41.8 Å². The largest absolute Gasteiger partial charge is 0.462 e. The van der Waals surface area contributed by atoms with E-state index in [2.05, 4.69) is 20.3 Å². The van der Waals surface area contributed by atoms with Crippen LogP contribution in [0, 0.1) is 6.92 Å². The number of nitrogens with zero attached hydrogens (tertiary/aromatic N) is 3. The maximum absolute atomic E-state index is 12.7. The van der Waals surface area contributed by atoms with Gasteiger partial charge in [-0.2, -0.15) is 0 Å². The predicted octanol–water partition coefficient (Wildman–Crippen LogP) is 2.20. The number of rotatable bonds is 9. The Kier molecular flexibility index (Phi) is 6.89. The van der Waals surface area contributed by atoms with E-state index in [1.165, 1.54) is 18.4 Å². The summed E-state index contributed by atoms with van der Waals surface area (Å²) in [7, 11) is 1.47. The minimum atomic E-state index is -0.831. The molecule has 1 aliphatic heterocycles. The highest BCUT2D eigenvalue weighted by molar-refractivity contribution is 7.17. The highest BCUT2D eigenvalue weighted by Gasteiger charge is 2.34. The molecule has 2 aromatic rings. The number of hydrogen-bond acceptors (Lipinski definition) is 9. The molecule has 1 atom stereocenters. The van der Waals surface area contributed by atoms with E-state index in [1.807, 2.05) is 11.8 Å². The fourth-order valence-corrected chi connectivity index (χ4v) is 4.22. The number of thiazole rings is 1. The van der Waals surface area contributed by atoms with Crippen LogP contribution in [0.1, 0.15) is 45.5 Å². The van der Waals surface area contributed by atoms with Gasteiger partial charge in [0.25, 0.3) is 0 Å². The standard InChI is InChI=1S/C18H24ClN5O4S/c1-5-11-14(19)23-15(22-11)12(25)16(27-4)21-10-7-24(8-10)18-20-9(3)13(29-18)17(26)28-6-2/h10,16,21H,5-8H2,1-4H3,(H,22,23). The van der Waals surface area contributed by atoms with Crippen molar-refractivity contribution in [1.29, 1.82) is 0 Å². The minimum absolute atomic E-state index is 0.0372. The molecule has 1 aliphatic rings. The summed E-state index contributed by atoms with van der Waals surface area (Å²) < 4.78 is 10.4. The second kappa shape index (κ2) is 9.21. The van der Waals surface area contributed by atoms with Gasteiger partial charge >= 0.3 is 5.97 Å². The number of aromatic amines is 1. The minimum Gasteiger partial charge on any atom is -0.462 e. The Morgan fingerprint density at radius 1 is 1.38 bits per heavy atom. The number of methoxy groups -OCH3 is 1. The molecular weight excluding hydrogens is 418 g/mol. The Bertz CT molecular complexity index is 893. The number of Topliss-reactive ketones (excluding diaryl/α,β-unsaturated/α-hetero) is 1. The van der Waals surface area contributed by atoms with Gasteiger partial charge in [0.05, 0.1) is 18.0 Å². The quantitative estimate of drug-likeness (QED) is 0.346. The number of ketones is 1. The molecule has 0 saturated carbocycles. The molecule has 1 fully saturated rings. The maximum atomic E-state index is 12.7. The molecule has 11 heteroatoms. The van der Waals surface area contributed by atoms with Crippen LogP contribution in [-0.2, 0) is 15.9 Å². The zero-order valence-corrected chi connectivity index (χ0v) is 18.3. The molecule has 0 spiro atoms. The number of carbonyl (C=O) groups excluding carboxylic acids is 2. The van der Waals surface area contributed by atoms with Gasteiger partial charge in [0.2, 0.25) is 5.78 Å². The van der Waals surface area contributed by atoms with Crippen molar-refractivity contribution in [3.05, 3.63) is 27.2 Å². The van der Waals surface area contributed by atoms with E-state index >= 15 is 0 Å². The number of hydrogen-bond donors (Lipinski definition) is 2. The van der Waals surface area contributed by atoms with Gasteiger partial charge in [-0.3, -0.25) is 10.1 Å². The summed E-state index contributed by atoms with van der Waals surface area (Å²) in [5.74, 6) is -0.475. The highest BCUT2D eigenvalue weighted by Crippen LogP contribution is 2.30. The van der Waals surface area contributed by atoms with Crippen LogP contribution in [0.15, 0.2) is 0 Å². The third-order valence-electron chi connectivity index (χ3n) is 4.57. The average molecular weight is 442 g/mol.